The number of rotatable bonds is 3. The lowest BCUT2D eigenvalue weighted by atomic mass is 10.1. The van der Waals surface area contributed by atoms with E-state index in [9.17, 15) is 0 Å². The van der Waals surface area contributed by atoms with Crippen LogP contribution in [0.2, 0.25) is 5.15 Å². The maximum Gasteiger partial charge on any atom is 0.172 e. The molecule has 2 aromatic rings. The third-order valence-corrected chi connectivity index (χ3v) is 3.82. The summed E-state index contributed by atoms with van der Waals surface area (Å²) in [5.74, 6) is 1.43. The van der Waals surface area contributed by atoms with Crippen LogP contribution in [0, 0.1) is 5.92 Å². The van der Waals surface area contributed by atoms with Crippen LogP contribution in [0.1, 0.15) is 6.42 Å². The van der Waals surface area contributed by atoms with Crippen molar-refractivity contribution in [3.63, 3.8) is 0 Å². The Hall–Kier alpha value is -1.39. The Bertz CT molecular complexity index is 581. The van der Waals surface area contributed by atoms with Crippen LogP contribution in [0.4, 0.5) is 5.82 Å². The minimum absolute atomic E-state index is 0.479. The molecule has 1 aliphatic rings. The Labute approximate surface area is 117 Å². The molecule has 0 unspecified atom stereocenters. The number of aromatic nitrogens is 2. The van der Waals surface area contributed by atoms with E-state index in [2.05, 4.69) is 20.2 Å². The summed E-state index contributed by atoms with van der Waals surface area (Å²) in [6.45, 7) is 3.14. The Morgan fingerprint density at radius 1 is 1.32 bits per heavy atom. The molecule has 2 heterocycles. The van der Waals surface area contributed by atoms with Crippen LogP contribution < -0.4 is 10.2 Å². The van der Waals surface area contributed by atoms with Crippen molar-refractivity contribution in [3.8, 4) is 0 Å². The summed E-state index contributed by atoms with van der Waals surface area (Å²) in [6, 6.07) is 7.81. The first-order valence-electron chi connectivity index (χ1n) is 6.58. The number of nitrogens with one attached hydrogen (secondary N) is 1. The van der Waals surface area contributed by atoms with E-state index in [-0.39, 0.29) is 0 Å². The van der Waals surface area contributed by atoms with Crippen LogP contribution in [0.15, 0.2) is 24.3 Å². The lowest BCUT2D eigenvalue weighted by Gasteiger charge is -2.22. The van der Waals surface area contributed by atoms with Gasteiger partial charge in [0.2, 0.25) is 0 Å². The molecule has 0 aliphatic carbocycles. The Morgan fingerprint density at radius 3 is 2.74 bits per heavy atom. The van der Waals surface area contributed by atoms with Crippen molar-refractivity contribution in [1.82, 2.24) is 15.3 Å². The van der Waals surface area contributed by atoms with Gasteiger partial charge in [0.15, 0.2) is 11.0 Å². The van der Waals surface area contributed by atoms with Crippen LogP contribution in [-0.2, 0) is 0 Å². The quantitative estimate of drug-likeness (QED) is 0.934. The number of nitrogens with zero attached hydrogens (tertiary/aromatic N) is 3. The predicted octanol–water partition coefficient (Wildman–Crippen LogP) is 2.33. The Balaban J connectivity index is 1.88. The fourth-order valence-corrected chi connectivity index (χ4v) is 2.83. The van der Waals surface area contributed by atoms with Gasteiger partial charge >= 0.3 is 0 Å². The first kappa shape index (κ1) is 12.6. The lowest BCUT2D eigenvalue weighted by molar-refractivity contribution is 0.576. The lowest BCUT2D eigenvalue weighted by Crippen LogP contribution is -2.27. The number of halogens is 1. The van der Waals surface area contributed by atoms with Crippen molar-refractivity contribution in [1.29, 1.82) is 0 Å². The summed E-state index contributed by atoms with van der Waals surface area (Å²) in [6.07, 6.45) is 1.21. The van der Waals surface area contributed by atoms with Crippen LogP contribution in [-0.4, -0.2) is 36.6 Å². The topological polar surface area (TPSA) is 41.0 Å². The largest absolute Gasteiger partial charge is 0.357 e. The van der Waals surface area contributed by atoms with E-state index in [0.717, 1.165) is 36.5 Å². The number of hydrogen-bond acceptors (Lipinski definition) is 4. The molecular weight excluding hydrogens is 260 g/mol. The summed E-state index contributed by atoms with van der Waals surface area (Å²) in [7, 11) is 2.03. The van der Waals surface area contributed by atoms with Gasteiger partial charge in [0.05, 0.1) is 11.0 Å². The van der Waals surface area contributed by atoms with E-state index in [4.69, 9.17) is 11.6 Å². The van der Waals surface area contributed by atoms with E-state index in [1.165, 1.54) is 6.42 Å². The molecule has 0 bridgehead atoms. The molecule has 4 nitrogen and oxygen atoms in total. The molecule has 1 fully saturated rings. The van der Waals surface area contributed by atoms with Crippen molar-refractivity contribution in [3.05, 3.63) is 29.4 Å². The number of hydrogen-bond donors (Lipinski definition) is 1. The second-order valence-corrected chi connectivity index (χ2v) is 5.42. The zero-order valence-electron chi connectivity index (χ0n) is 10.9. The summed E-state index contributed by atoms with van der Waals surface area (Å²) >= 11 is 6.25. The van der Waals surface area contributed by atoms with Gasteiger partial charge in [-0.2, -0.15) is 0 Å². The summed E-state index contributed by atoms with van der Waals surface area (Å²) in [4.78, 5) is 11.2. The van der Waals surface area contributed by atoms with E-state index in [1.54, 1.807) is 0 Å². The highest BCUT2D eigenvalue weighted by atomic mass is 35.5. The van der Waals surface area contributed by atoms with Gasteiger partial charge in [-0.25, -0.2) is 9.97 Å². The van der Waals surface area contributed by atoms with Gasteiger partial charge in [0.25, 0.3) is 0 Å². The number of para-hydroxylation sites is 2. The number of anilines is 1. The van der Waals surface area contributed by atoms with E-state index < -0.39 is 0 Å². The summed E-state index contributed by atoms with van der Waals surface area (Å²) < 4.78 is 0. The van der Waals surface area contributed by atoms with Gasteiger partial charge in [-0.1, -0.05) is 23.7 Å². The van der Waals surface area contributed by atoms with E-state index in [0.29, 0.717) is 11.1 Å². The first-order chi connectivity index (χ1) is 9.24. The normalized spacial score (nSPS) is 18.9. The van der Waals surface area contributed by atoms with Crippen LogP contribution in [0.5, 0.6) is 0 Å². The molecule has 1 aromatic carbocycles. The fourth-order valence-electron chi connectivity index (χ4n) is 2.56. The maximum atomic E-state index is 6.25. The van der Waals surface area contributed by atoms with Crippen LogP contribution >= 0.6 is 11.6 Å². The average molecular weight is 277 g/mol. The highest BCUT2D eigenvalue weighted by Crippen LogP contribution is 2.25. The molecule has 5 heteroatoms. The standard InChI is InChI=1S/C14H17ClN4/c1-19(9-10-6-7-16-8-10)14-13(15)17-11-4-2-3-5-12(11)18-14/h2-5,10,16H,6-9H2,1H3/t10-/m1/s1. The van der Waals surface area contributed by atoms with Crippen molar-refractivity contribution >= 4 is 28.5 Å². The minimum atomic E-state index is 0.479. The average Bonchev–Trinajstić information content (AvgIpc) is 2.90. The smallest absolute Gasteiger partial charge is 0.172 e. The van der Waals surface area contributed by atoms with Crippen molar-refractivity contribution in [2.45, 2.75) is 6.42 Å². The van der Waals surface area contributed by atoms with Gasteiger partial charge in [-0.05, 0) is 37.6 Å². The molecule has 0 amide bonds. The molecule has 3 rings (SSSR count). The minimum Gasteiger partial charge on any atom is -0.357 e. The highest BCUT2D eigenvalue weighted by molar-refractivity contribution is 6.32. The predicted molar refractivity (Wildman–Crippen MR) is 78.8 cm³/mol. The molecule has 100 valence electrons. The molecule has 1 atom stereocenters. The zero-order valence-corrected chi connectivity index (χ0v) is 11.7. The van der Waals surface area contributed by atoms with Crippen molar-refractivity contribution in [2.75, 3.05) is 31.6 Å². The highest BCUT2D eigenvalue weighted by Gasteiger charge is 2.19. The van der Waals surface area contributed by atoms with Gasteiger partial charge in [0, 0.05) is 13.6 Å². The molecule has 1 saturated heterocycles. The SMILES string of the molecule is CN(C[C@@H]1CCNC1)c1nc2ccccc2nc1Cl. The molecule has 1 aliphatic heterocycles. The Morgan fingerprint density at radius 2 is 2.05 bits per heavy atom. The van der Waals surface area contributed by atoms with Crippen LogP contribution in [0.3, 0.4) is 0 Å². The molecule has 19 heavy (non-hydrogen) atoms. The first-order valence-corrected chi connectivity index (χ1v) is 6.96. The van der Waals surface area contributed by atoms with E-state index in [1.807, 2.05) is 31.3 Å². The van der Waals surface area contributed by atoms with E-state index >= 15 is 0 Å². The second kappa shape index (κ2) is 5.31. The van der Waals surface area contributed by atoms with Gasteiger partial charge < -0.3 is 10.2 Å². The molecule has 0 saturated carbocycles. The van der Waals surface area contributed by atoms with Crippen molar-refractivity contribution in [2.24, 2.45) is 5.92 Å². The summed E-state index contributed by atoms with van der Waals surface area (Å²) in [5.41, 5.74) is 1.73. The third kappa shape index (κ3) is 2.65. The molecule has 1 N–H and O–H groups in total. The van der Waals surface area contributed by atoms with Gasteiger partial charge in [-0.15, -0.1) is 0 Å². The zero-order chi connectivity index (χ0) is 13.2. The number of benzene rings is 1. The molecule has 0 radical (unpaired) electrons. The molecule has 0 spiro atoms. The monoisotopic (exact) mass is 276 g/mol. The van der Waals surface area contributed by atoms with Gasteiger partial charge in [0.1, 0.15) is 0 Å². The van der Waals surface area contributed by atoms with Crippen molar-refractivity contribution < 1.29 is 0 Å². The van der Waals surface area contributed by atoms with Gasteiger partial charge in [-0.3, -0.25) is 0 Å². The third-order valence-electron chi connectivity index (χ3n) is 3.57. The summed E-state index contributed by atoms with van der Waals surface area (Å²) in [5, 5.41) is 3.86. The Kier molecular flexibility index (Phi) is 3.53. The molecular formula is C14H17ClN4. The second-order valence-electron chi connectivity index (χ2n) is 5.07. The number of fused-ring (bicyclic) bond motifs is 1. The maximum absolute atomic E-state index is 6.25. The molecule has 1 aromatic heterocycles. The fraction of sp³-hybridized carbons (Fsp3) is 0.429. The van der Waals surface area contributed by atoms with Crippen LogP contribution in [0.25, 0.3) is 11.0 Å².